The number of pyridine rings is 1. The monoisotopic (exact) mass is 222 g/mol. The number of rotatable bonds is 2. The second-order valence-electron chi connectivity index (χ2n) is 3.06. The molecule has 0 saturated heterocycles. The van der Waals surface area contributed by atoms with Crippen molar-refractivity contribution in [3.63, 3.8) is 0 Å². The van der Waals surface area contributed by atoms with E-state index in [9.17, 15) is 0 Å². The summed E-state index contributed by atoms with van der Waals surface area (Å²) in [6.45, 7) is 0. The smallest absolute Gasteiger partial charge is 0.127 e. The molecular weight excluding hydrogens is 210 g/mol. The number of fused-ring (bicyclic) bond motifs is 1. The van der Waals surface area contributed by atoms with Gasteiger partial charge in [-0.3, -0.25) is 0 Å². The third-order valence-electron chi connectivity index (χ3n) is 1.91. The summed E-state index contributed by atoms with van der Waals surface area (Å²) in [7, 11) is 5.31. The van der Waals surface area contributed by atoms with Crippen molar-refractivity contribution < 1.29 is 0 Å². The second kappa shape index (κ2) is 4.21. The average molecular weight is 222 g/mol. The fraction of sp³-hybridized carbons (Fsp3) is 0.100. The molecule has 2 aromatic rings. The molecule has 72 valence electrons. The zero-order valence-electron chi connectivity index (χ0n) is 7.64. The SMILES string of the molecule is PC(P)Nc1ccc2ccccc2n1. The highest BCUT2D eigenvalue weighted by Crippen LogP contribution is 2.17. The first-order chi connectivity index (χ1) is 6.75. The number of nitrogens with zero attached hydrogens (tertiary/aromatic N) is 1. The van der Waals surface area contributed by atoms with Gasteiger partial charge in [0.2, 0.25) is 0 Å². The summed E-state index contributed by atoms with van der Waals surface area (Å²) in [6, 6.07) is 12.2. The Bertz CT molecular complexity index is 443. The Hall–Kier alpha value is -0.710. The molecule has 0 aliphatic heterocycles. The Morgan fingerprint density at radius 1 is 1.07 bits per heavy atom. The van der Waals surface area contributed by atoms with Crippen molar-refractivity contribution in [2.75, 3.05) is 5.32 Å². The third-order valence-corrected chi connectivity index (χ3v) is 2.25. The van der Waals surface area contributed by atoms with Crippen molar-refractivity contribution in [2.45, 2.75) is 5.52 Å². The van der Waals surface area contributed by atoms with Crippen LogP contribution in [0.15, 0.2) is 36.4 Å². The normalized spacial score (nSPS) is 10.8. The Morgan fingerprint density at radius 2 is 1.86 bits per heavy atom. The molecule has 0 fully saturated rings. The van der Waals surface area contributed by atoms with E-state index >= 15 is 0 Å². The molecule has 0 spiro atoms. The average Bonchev–Trinajstić information content (AvgIpc) is 2.17. The Kier molecular flexibility index (Phi) is 2.96. The quantitative estimate of drug-likeness (QED) is 0.790. The van der Waals surface area contributed by atoms with Gasteiger partial charge in [-0.1, -0.05) is 18.2 Å². The van der Waals surface area contributed by atoms with Crippen molar-refractivity contribution in [1.29, 1.82) is 0 Å². The van der Waals surface area contributed by atoms with Gasteiger partial charge in [-0.05, 0) is 18.2 Å². The van der Waals surface area contributed by atoms with Crippen LogP contribution in [0.4, 0.5) is 5.82 Å². The highest BCUT2D eigenvalue weighted by Gasteiger charge is 1.98. The van der Waals surface area contributed by atoms with Crippen molar-refractivity contribution in [3.8, 4) is 0 Å². The fourth-order valence-corrected chi connectivity index (χ4v) is 1.66. The van der Waals surface area contributed by atoms with Crippen LogP contribution in [0.2, 0.25) is 0 Å². The van der Waals surface area contributed by atoms with Crippen molar-refractivity contribution >= 4 is 35.2 Å². The van der Waals surface area contributed by atoms with Crippen LogP contribution < -0.4 is 5.32 Å². The van der Waals surface area contributed by atoms with E-state index < -0.39 is 0 Å². The van der Waals surface area contributed by atoms with Gasteiger partial charge in [0.05, 0.1) is 11.0 Å². The topological polar surface area (TPSA) is 24.9 Å². The number of aromatic nitrogens is 1. The fourth-order valence-electron chi connectivity index (χ4n) is 1.32. The minimum Gasteiger partial charge on any atom is -0.361 e. The zero-order chi connectivity index (χ0) is 9.97. The van der Waals surface area contributed by atoms with Crippen LogP contribution in [0.5, 0.6) is 0 Å². The minimum atomic E-state index is 0.253. The minimum absolute atomic E-state index is 0.253. The Morgan fingerprint density at radius 3 is 2.64 bits per heavy atom. The van der Waals surface area contributed by atoms with E-state index in [4.69, 9.17) is 0 Å². The lowest BCUT2D eigenvalue weighted by Gasteiger charge is -2.08. The highest BCUT2D eigenvalue weighted by molar-refractivity contribution is 7.38. The largest absolute Gasteiger partial charge is 0.361 e. The highest BCUT2D eigenvalue weighted by atomic mass is 31.1. The molecular formula is C10H12N2P2. The lowest BCUT2D eigenvalue weighted by molar-refractivity contribution is 1.29. The molecule has 2 atom stereocenters. The van der Waals surface area contributed by atoms with E-state index in [1.807, 2.05) is 24.3 Å². The lowest BCUT2D eigenvalue weighted by Crippen LogP contribution is -2.03. The van der Waals surface area contributed by atoms with E-state index in [0.29, 0.717) is 0 Å². The summed E-state index contributed by atoms with van der Waals surface area (Å²) in [4.78, 5) is 4.48. The number of hydrogen-bond acceptors (Lipinski definition) is 2. The van der Waals surface area contributed by atoms with E-state index in [-0.39, 0.29) is 5.52 Å². The predicted octanol–water partition coefficient (Wildman–Crippen LogP) is 2.68. The summed E-state index contributed by atoms with van der Waals surface area (Å²) in [5, 5.41) is 4.38. The van der Waals surface area contributed by atoms with Gasteiger partial charge < -0.3 is 5.32 Å². The van der Waals surface area contributed by atoms with E-state index in [1.54, 1.807) is 0 Å². The molecule has 14 heavy (non-hydrogen) atoms. The van der Waals surface area contributed by atoms with Crippen molar-refractivity contribution in [1.82, 2.24) is 4.98 Å². The maximum absolute atomic E-state index is 4.48. The van der Waals surface area contributed by atoms with Crippen LogP contribution in [-0.2, 0) is 0 Å². The van der Waals surface area contributed by atoms with Crippen LogP contribution in [0.3, 0.4) is 0 Å². The van der Waals surface area contributed by atoms with Gasteiger partial charge in [0.25, 0.3) is 0 Å². The van der Waals surface area contributed by atoms with Gasteiger partial charge in [-0.25, -0.2) is 4.98 Å². The molecule has 1 aromatic heterocycles. The van der Waals surface area contributed by atoms with Gasteiger partial charge in [0.15, 0.2) is 0 Å². The molecule has 0 aliphatic rings. The summed E-state index contributed by atoms with van der Waals surface area (Å²) >= 11 is 0. The third kappa shape index (κ3) is 2.20. The summed E-state index contributed by atoms with van der Waals surface area (Å²) in [6.07, 6.45) is 0. The number of benzene rings is 1. The van der Waals surface area contributed by atoms with Gasteiger partial charge in [0, 0.05) is 5.39 Å². The maximum atomic E-state index is 4.48. The standard InChI is InChI=1S/C10H12N2P2/c13-10(14)12-9-6-5-7-3-1-2-4-8(7)11-9/h1-6,10H,13-14H2,(H,11,12). The van der Waals surface area contributed by atoms with Crippen LogP contribution >= 0.6 is 18.5 Å². The number of hydrogen-bond donors (Lipinski definition) is 1. The molecule has 1 aromatic carbocycles. The molecule has 0 radical (unpaired) electrons. The van der Waals surface area contributed by atoms with Gasteiger partial charge in [-0.15, -0.1) is 18.5 Å². The number of anilines is 1. The van der Waals surface area contributed by atoms with Gasteiger partial charge in [-0.2, -0.15) is 0 Å². The molecule has 1 heterocycles. The maximum Gasteiger partial charge on any atom is 0.127 e. The number of nitrogens with one attached hydrogen (secondary N) is 1. The molecule has 4 heteroatoms. The Labute approximate surface area is 87.9 Å². The first-order valence-corrected chi connectivity index (χ1v) is 5.72. The second-order valence-corrected chi connectivity index (χ2v) is 5.27. The van der Waals surface area contributed by atoms with Crippen molar-refractivity contribution in [2.24, 2.45) is 0 Å². The van der Waals surface area contributed by atoms with Crippen LogP contribution in [0, 0.1) is 0 Å². The lowest BCUT2D eigenvalue weighted by atomic mass is 10.2. The molecule has 0 amide bonds. The molecule has 0 aliphatic carbocycles. The van der Waals surface area contributed by atoms with Crippen LogP contribution in [-0.4, -0.2) is 10.5 Å². The molecule has 0 saturated carbocycles. The van der Waals surface area contributed by atoms with Crippen LogP contribution in [0.1, 0.15) is 0 Å². The Balaban J connectivity index is 2.41. The van der Waals surface area contributed by atoms with E-state index in [0.717, 1.165) is 11.3 Å². The summed E-state index contributed by atoms with van der Waals surface area (Å²) < 4.78 is 0. The molecule has 2 rings (SSSR count). The summed E-state index contributed by atoms with van der Waals surface area (Å²) in [5.74, 6) is 0.902. The molecule has 0 bridgehead atoms. The van der Waals surface area contributed by atoms with Gasteiger partial charge in [0.1, 0.15) is 5.82 Å². The van der Waals surface area contributed by atoms with Crippen LogP contribution in [0.25, 0.3) is 10.9 Å². The van der Waals surface area contributed by atoms with E-state index in [1.165, 1.54) is 5.39 Å². The first kappa shape index (κ1) is 9.83. The zero-order valence-corrected chi connectivity index (χ0v) is 9.95. The molecule has 1 N–H and O–H groups in total. The van der Waals surface area contributed by atoms with Crippen molar-refractivity contribution in [3.05, 3.63) is 36.4 Å². The number of para-hydroxylation sites is 1. The summed E-state index contributed by atoms with van der Waals surface area (Å²) in [5.41, 5.74) is 1.27. The van der Waals surface area contributed by atoms with E-state index in [2.05, 4.69) is 40.9 Å². The predicted molar refractivity (Wildman–Crippen MR) is 68.6 cm³/mol. The van der Waals surface area contributed by atoms with Gasteiger partial charge >= 0.3 is 0 Å². The first-order valence-electron chi connectivity index (χ1n) is 4.39. The molecule has 2 unspecified atom stereocenters. The molecule has 2 nitrogen and oxygen atoms in total.